The number of rotatable bonds is 2. The second kappa shape index (κ2) is 6.91. The first-order valence-electron chi connectivity index (χ1n) is 11.8. The third-order valence-electron chi connectivity index (χ3n) is 7.44. The zero-order chi connectivity index (χ0) is 22.9. The molecule has 0 amide bonds. The van der Waals surface area contributed by atoms with E-state index in [0.29, 0.717) is 0 Å². The normalized spacial score (nSPS) is 13.8. The van der Waals surface area contributed by atoms with Crippen molar-refractivity contribution in [2.24, 2.45) is 0 Å². The Morgan fingerprint density at radius 1 is 0.676 bits per heavy atom. The summed E-state index contributed by atoms with van der Waals surface area (Å²) in [6, 6.07) is 36.9. The summed E-state index contributed by atoms with van der Waals surface area (Å²) in [6.45, 7) is 4.65. The molecular weight excluding hydrogens is 412 g/mol. The molecule has 2 nitrogen and oxygen atoms in total. The van der Waals surface area contributed by atoms with Crippen molar-refractivity contribution in [2.45, 2.75) is 19.3 Å². The minimum Gasteiger partial charge on any atom is -0.309 e. The zero-order valence-corrected chi connectivity index (χ0v) is 19.3. The molecule has 0 atom stereocenters. The quantitative estimate of drug-likeness (QED) is 0.268. The highest BCUT2D eigenvalue weighted by molar-refractivity contribution is 6.18. The van der Waals surface area contributed by atoms with Gasteiger partial charge in [0.25, 0.3) is 0 Å². The standard InChI is InChI=1S/C32H24N2/c1-32(2)25-17-18-29-31(23-15-9-10-16-28(23)34(29)22-13-7-4-8-14-22)30(25)24-19-27(33-20-26(24)32)21-11-5-3-6-12-21/h3-20H,1-2H3. The molecule has 0 saturated heterocycles. The SMILES string of the molecule is CC1(C)c2cnc(-c3ccccc3)cc2-c2c1ccc1c2c2ccccc2n1-c1ccccc1. The summed E-state index contributed by atoms with van der Waals surface area (Å²) in [7, 11) is 0. The van der Waals surface area contributed by atoms with Crippen LogP contribution in [0.3, 0.4) is 0 Å². The molecule has 0 spiro atoms. The highest BCUT2D eigenvalue weighted by atomic mass is 15.0. The van der Waals surface area contributed by atoms with E-state index in [0.717, 1.165) is 11.3 Å². The minimum absolute atomic E-state index is 0.100. The number of fused-ring (bicyclic) bond motifs is 7. The Kier molecular flexibility index (Phi) is 3.93. The Balaban J connectivity index is 1.62. The van der Waals surface area contributed by atoms with Crippen LogP contribution >= 0.6 is 0 Å². The molecule has 0 unspecified atom stereocenters. The van der Waals surface area contributed by atoms with Crippen molar-refractivity contribution in [3.8, 4) is 28.1 Å². The second-order valence-electron chi connectivity index (χ2n) is 9.68. The van der Waals surface area contributed by atoms with Crippen LogP contribution in [0.25, 0.3) is 49.9 Å². The molecule has 0 radical (unpaired) electrons. The maximum atomic E-state index is 4.89. The van der Waals surface area contributed by atoms with Crippen molar-refractivity contribution >= 4 is 21.8 Å². The van der Waals surface area contributed by atoms with E-state index in [-0.39, 0.29) is 5.41 Å². The summed E-state index contributed by atoms with van der Waals surface area (Å²) in [4.78, 5) is 4.89. The van der Waals surface area contributed by atoms with Crippen LogP contribution in [-0.4, -0.2) is 9.55 Å². The van der Waals surface area contributed by atoms with Gasteiger partial charge in [-0.25, -0.2) is 0 Å². The monoisotopic (exact) mass is 436 g/mol. The maximum Gasteiger partial charge on any atom is 0.0708 e. The Morgan fingerprint density at radius 3 is 2.18 bits per heavy atom. The number of benzene rings is 4. The van der Waals surface area contributed by atoms with Gasteiger partial charge in [-0.05, 0) is 52.6 Å². The van der Waals surface area contributed by atoms with Gasteiger partial charge in [0.05, 0.1) is 16.7 Å². The Bertz CT molecular complexity index is 1710. The lowest BCUT2D eigenvalue weighted by Crippen LogP contribution is -2.15. The number of hydrogen-bond acceptors (Lipinski definition) is 1. The number of aromatic nitrogens is 2. The van der Waals surface area contributed by atoms with Crippen LogP contribution in [0.2, 0.25) is 0 Å². The van der Waals surface area contributed by atoms with Crippen LogP contribution in [0.1, 0.15) is 25.0 Å². The average Bonchev–Trinajstić information content (AvgIpc) is 3.34. The van der Waals surface area contributed by atoms with Crippen molar-refractivity contribution in [2.75, 3.05) is 0 Å². The van der Waals surface area contributed by atoms with Crippen molar-refractivity contribution in [3.63, 3.8) is 0 Å². The number of para-hydroxylation sites is 2. The van der Waals surface area contributed by atoms with E-state index < -0.39 is 0 Å². The van der Waals surface area contributed by atoms with Crippen LogP contribution < -0.4 is 0 Å². The van der Waals surface area contributed by atoms with Gasteiger partial charge in [-0.3, -0.25) is 4.98 Å². The maximum absolute atomic E-state index is 4.89. The van der Waals surface area contributed by atoms with Crippen molar-refractivity contribution < 1.29 is 0 Å². The Morgan fingerprint density at radius 2 is 1.38 bits per heavy atom. The fraction of sp³-hybridized carbons (Fsp3) is 0.0938. The zero-order valence-electron chi connectivity index (χ0n) is 19.3. The minimum atomic E-state index is -0.100. The van der Waals surface area contributed by atoms with Crippen LogP contribution in [0.4, 0.5) is 0 Å². The number of nitrogens with zero attached hydrogens (tertiary/aromatic N) is 2. The fourth-order valence-electron chi connectivity index (χ4n) is 5.79. The molecule has 4 aromatic carbocycles. The van der Waals surface area contributed by atoms with E-state index >= 15 is 0 Å². The van der Waals surface area contributed by atoms with Gasteiger partial charge >= 0.3 is 0 Å². The van der Waals surface area contributed by atoms with Gasteiger partial charge in [-0.15, -0.1) is 0 Å². The summed E-state index contributed by atoms with van der Waals surface area (Å²) >= 11 is 0. The lowest BCUT2D eigenvalue weighted by Gasteiger charge is -2.21. The predicted octanol–water partition coefficient (Wildman–Crippen LogP) is 8.15. The molecule has 2 heterocycles. The third-order valence-corrected chi connectivity index (χ3v) is 7.44. The molecule has 0 saturated carbocycles. The highest BCUT2D eigenvalue weighted by Crippen LogP contribution is 2.53. The topological polar surface area (TPSA) is 17.8 Å². The first-order valence-corrected chi connectivity index (χ1v) is 11.8. The van der Waals surface area contributed by atoms with E-state index in [4.69, 9.17) is 4.98 Å². The third kappa shape index (κ3) is 2.54. The molecule has 162 valence electrons. The van der Waals surface area contributed by atoms with E-state index in [9.17, 15) is 0 Å². The molecule has 2 heteroatoms. The molecule has 1 aliphatic carbocycles. The molecule has 34 heavy (non-hydrogen) atoms. The van der Waals surface area contributed by atoms with Gasteiger partial charge in [0, 0.05) is 33.6 Å². The van der Waals surface area contributed by atoms with E-state index in [1.165, 1.54) is 49.7 Å². The summed E-state index contributed by atoms with van der Waals surface area (Å²) in [5.74, 6) is 0. The molecule has 2 aromatic heterocycles. The van der Waals surface area contributed by atoms with E-state index in [1.54, 1.807) is 0 Å². The summed E-state index contributed by atoms with van der Waals surface area (Å²) < 4.78 is 2.40. The lowest BCUT2D eigenvalue weighted by atomic mass is 9.83. The highest BCUT2D eigenvalue weighted by Gasteiger charge is 2.38. The van der Waals surface area contributed by atoms with Gasteiger partial charge in [-0.1, -0.05) is 86.6 Å². The second-order valence-corrected chi connectivity index (χ2v) is 9.68. The fourth-order valence-corrected chi connectivity index (χ4v) is 5.79. The van der Waals surface area contributed by atoms with Gasteiger partial charge in [0.1, 0.15) is 0 Å². The van der Waals surface area contributed by atoms with Crippen molar-refractivity contribution in [3.05, 3.63) is 120 Å². The summed E-state index contributed by atoms with van der Waals surface area (Å²) in [5.41, 5.74) is 11.1. The Labute approximate surface area is 199 Å². The number of hydrogen-bond donors (Lipinski definition) is 0. The summed E-state index contributed by atoms with van der Waals surface area (Å²) in [5, 5.41) is 2.62. The van der Waals surface area contributed by atoms with Crippen LogP contribution in [0, 0.1) is 0 Å². The predicted molar refractivity (Wildman–Crippen MR) is 142 cm³/mol. The lowest BCUT2D eigenvalue weighted by molar-refractivity contribution is 0.658. The van der Waals surface area contributed by atoms with Crippen molar-refractivity contribution in [1.29, 1.82) is 0 Å². The molecule has 0 bridgehead atoms. The number of pyridine rings is 1. The first-order chi connectivity index (χ1) is 16.6. The van der Waals surface area contributed by atoms with Gasteiger partial charge < -0.3 is 4.57 Å². The molecule has 6 aromatic rings. The van der Waals surface area contributed by atoms with Crippen LogP contribution in [0.5, 0.6) is 0 Å². The molecular formula is C32H24N2. The van der Waals surface area contributed by atoms with E-state index in [2.05, 4.69) is 128 Å². The average molecular weight is 437 g/mol. The Hall–Kier alpha value is -4.17. The molecule has 0 fully saturated rings. The van der Waals surface area contributed by atoms with Gasteiger partial charge in [-0.2, -0.15) is 0 Å². The van der Waals surface area contributed by atoms with Crippen molar-refractivity contribution in [1.82, 2.24) is 9.55 Å². The molecule has 0 aliphatic heterocycles. The largest absolute Gasteiger partial charge is 0.309 e. The molecule has 0 N–H and O–H groups in total. The van der Waals surface area contributed by atoms with Gasteiger partial charge in [0.15, 0.2) is 0 Å². The van der Waals surface area contributed by atoms with Gasteiger partial charge in [0.2, 0.25) is 0 Å². The first kappa shape index (κ1) is 19.3. The smallest absolute Gasteiger partial charge is 0.0708 e. The molecule has 7 rings (SSSR count). The summed E-state index contributed by atoms with van der Waals surface area (Å²) in [6.07, 6.45) is 2.10. The van der Waals surface area contributed by atoms with Crippen LogP contribution in [-0.2, 0) is 5.41 Å². The van der Waals surface area contributed by atoms with E-state index in [1.807, 2.05) is 0 Å². The van der Waals surface area contributed by atoms with Crippen LogP contribution in [0.15, 0.2) is 109 Å². The molecule has 1 aliphatic rings.